The van der Waals surface area contributed by atoms with E-state index in [1.165, 1.54) is 0 Å². The first-order valence-electron chi connectivity index (χ1n) is 10.8. The maximum absolute atomic E-state index is 11.3. The Hall–Kier alpha value is -2.29. The fourth-order valence-corrected chi connectivity index (χ4v) is 4.32. The molecule has 0 saturated carbocycles. The van der Waals surface area contributed by atoms with Gasteiger partial charge in [-0.1, -0.05) is 59.6 Å². The summed E-state index contributed by atoms with van der Waals surface area (Å²) in [5.41, 5.74) is 2.67. The predicted octanol–water partition coefficient (Wildman–Crippen LogP) is 4.85. The molecule has 1 unspecified atom stereocenters. The number of benzene rings is 3. The molecule has 0 aliphatic rings. The lowest BCUT2D eigenvalue weighted by Crippen LogP contribution is -2.36. The number of aliphatic hydroxyl groups is 1. The number of nitrogens with one attached hydrogen (secondary N) is 1. The number of halogens is 2. The standard InChI is InChI=1S/C25H28Cl2N2O4S/c1-34(31,32)28-21-8-10-23(11-9-21)33-18-22(30)17-29(16-20-5-3-2-4-6-20)14-13-19-7-12-24(26)25(27)15-19/h2-12,15,22,28,30H,13-14,16-18H2,1H3. The van der Waals surface area contributed by atoms with Gasteiger partial charge >= 0.3 is 0 Å². The number of nitrogens with zero attached hydrogens (tertiary/aromatic N) is 1. The Morgan fingerprint density at radius 2 is 1.68 bits per heavy atom. The van der Waals surface area contributed by atoms with Gasteiger partial charge in [0.15, 0.2) is 0 Å². The number of rotatable bonds is 12. The first kappa shape index (κ1) is 26.3. The van der Waals surface area contributed by atoms with Crippen LogP contribution in [0.5, 0.6) is 5.75 Å². The summed E-state index contributed by atoms with van der Waals surface area (Å²) in [6, 6.07) is 22.2. The molecule has 0 fully saturated rings. The SMILES string of the molecule is CS(=O)(=O)Nc1ccc(OCC(O)CN(CCc2ccc(Cl)c(Cl)c2)Cc2ccccc2)cc1. The molecule has 0 amide bonds. The van der Waals surface area contributed by atoms with Crippen molar-refractivity contribution in [3.05, 3.63) is 94.0 Å². The molecule has 0 aliphatic heterocycles. The highest BCUT2D eigenvalue weighted by molar-refractivity contribution is 7.92. The summed E-state index contributed by atoms with van der Waals surface area (Å²) in [7, 11) is -3.34. The summed E-state index contributed by atoms with van der Waals surface area (Å²) >= 11 is 12.2. The minimum absolute atomic E-state index is 0.108. The van der Waals surface area contributed by atoms with Gasteiger partial charge in [0.05, 0.1) is 16.3 Å². The minimum Gasteiger partial charge on any atom is -0.491 e. The van der Waals surface area contributed by atoms with Gasteiger partial charge in [0.2, 0.25) is 10.0 Å². The molecular formula is C25H28Cl2N2O4S. The third-order valence-electron chi connectivity index (χ3n) is 5.02. The zero-order valence-corrected chi connectivity index (χ0v) is 21.2. The van der Waals surface area contributed by atoms with Crippen molar-refractivity contribution in [2.75, 3.05) is 30.7 Å². The number of hydrogen-bond donors (Lipinski definition) is 2. The van der Waals surface area contributed by atoms with Crippen molar-refractivity contribution < 1.29 is 18.3 Å². The van der Waals surface area contributed by atoms with Crippen molar-refractivity contribution in [3.8, 4) is 5.75 Å². The molecule has 2 N–H and O–H groups in total. The van der Waals surface area contributed by atoms with Crippen molar-refractivity contribution in [1.82, 2.24) is 4.90 Å². The van der Waals surface area contributed by atoms with Gasteiger partial charge in [-0.15, -0.1) is 0 Å². The fourth-order valence-electron chi connectivity index (χ4n) is 3.44. The molecule has 0 radical (unpaired) electrons. The Labute approximate surface area is 211 Å². The number of hydrogen-bond acceptors (Lipinski definition) is 5. The van der Waals surface area contributed by atoms with E-state index in [9.17, 15) is 13.5 Å². The van der Waals surface area contributed by atoms with Crippen LogP contribution >= 0.6 is 23.2 Å². The molecule has 3 rings (SSSR count). The highest BCUT2D eigenvalue weighted by Gasteiger charge is 2.14. The summed E-state index contributed by atoms with van der Waals surface area (Å²) in [5, 5.41) is 11.7. The molecule has 182 valence electrons. The summed E-state index contributed by atoms with van der Waals surface area (Å²) < 4.78 is 30.7. The zero-order valence-electron chi connectivity index (χ0n) is 18.8. The summed E-state index contributed by atoms with van der Waals surface area (Å²) in [6.07, 6.45) is 1.13. The van der Waals surface area contributed by atoms with E-state index in [0.29, 0.717) is 34.6 Å². The number of sulfonamides is 1. The molecule has 0 aliphatic carbocycles. The molecule has 0 heterocycles. The molecule has 0 spiro atoms. The maximum atomic E-state index is 11.3. The van der Waals surface area contributed by atoms with Gasteiger partial charge in [-0.05, 0) is 53.9 Å². The van der Waals surface area contributed by atoms with E-state index in [2.05, 4.69) is 21.8 Å². The summed E-state index contributed by atoms with van der Waals surface area (Å²) in [5.74, 6) is 0.545. The van der Waals surface area contributed by atoms with E-state index in [1.807, 2.05) is 30.3 Å². The van der Waals surface area contributed by atoms with Crippen molar-refractivity contribution in [3.63, 3.8) is 0 Å². The number of aliphatic hydroxyl groups excluding tert-OH is 1. The van der Waals surface area contributed by atoms with Crippen LogP contribution in [0.15, 0.2) is 72.8 Å². The van der Waals surface area contributed by atoms with Crippen LogP contribution in [-0.4, -0.2) is 50.5 Å². The third kappa shape index (κ3) is 9.16. The van der Waals surface area contributed by atoms with E-state index >= 15 is 0 Å². The van der Waals surface area contributed by atoms with Gasteiger partial charge in [0, 0.05) is 25.3 Å². The summed E-state index contributed by atoms with van der Waals surface area (Å²) in [4.78, 5) is 2.17. The van der Waals surface area contributed by atoms with Gasteiger partial charge in [-0.2, -0.15) is 0 Å². The lowest BCUT2D eigenvalue weighted by Gasteiger charge is -2.25. The molecule has 0 aromatic heterocycles. The highest BCUT2D eigenvalue weighted by Crippen LogP contribution is 2.23. The van der Waals surface area contributed by atoms with Gasteiger partial charge in [0.25, 0.3) is 0 Å². The molecule has 3 aromatic rings. The van der Waals surface area contributed by atoms with Crippen LogP contribution in [0.25, 0.3) is 0 Å². The second-order valence-corrected chi connectivity index (χ2v) is 10.6. The van der Waals surface area contributed by atoms with Gasteiger partial charge in [-0.25, -0.2) is 8.42 Å². The van der Waals surface area contributed by atoms with E-state index in [-0.39, 0.29) is 6.61 Å². The summed E-state index contributed by atoms with van der Waals surface area (Å²) in [6.45, 7) is 1.93. The Morgan fingerprint density at radius 3 is 2.32 bits per heavy atom. The Bertz CT molecular complexity index is 1160. The van der Waals surface area contributed by atoms with Crippen LogP contribution in [0, 0.1) is 0 Å². The molecular weight excluding hydrogens is 495 g/mol. The van der Waals surface area contributed by atoms with E-state index < -0.39 is 16.1 Å². The monoisotopic (exact) mass is 522 g/mol. The van der Waals surface area contributed by atoms with Crippen LogP contribution in [-0.2, 0) is 23.0 Å². The van der Waals surface area contributed by atoms with Crippen LogP contribution in [0.2, 0.25) is 10.0 Å². The zero-order chi connectivity index (χ0) is 24.6. The average Bonchev–Trinajstić information content (AvgIpc) is 2.79. The van der Waals surface area contributed by atoms with E-state index in [0.717, 1.165) is 30.3 Å². The van der Waals surface area contributed by atoms with Gasteiger partial charge < -0.3 is 9.84 Å². The van der Waals surface area contributed by atoms with Crippen molar-refractivity contribution in [2.24, 2.45) is 0 Å². The molecule has 6 nitrogen and oxygen atoms in total. The third-order valence-corrected chi connectivity index (χ3v) is 6.36. The molecule has 0 bridgehead atoms. The lowest BCUT2D eigenvalue weighted by atomic mass is 10.1. The quantitative estimate of drug-likeness (QED) is 0.355. The molecule has 34 heavy (non-hydrogen) atoms. The molecule has 3 aromatic carbocycles. The largest absolute Gasteiger partial charge is 0.491 e. The van der Waals surface area contributed by atoms with Crippen molar-refractivity contribution in [2.45, 2.75) is 19.1 Å². The smallest absolute Gasteiger partial charge is 0.229 e. The average molecular weight is 523 g/mol. The second kappa shape index (κ2) is 12.4. The lowest BCUT2D eigenvalue weighted by molar-refractivity contribution is 0.0659. The number of ether oxygens (including phenoxy) is 1. The second-order valence-electron chi connectivity index (χ2n) is 8.08. The maximum Gasteiger partial charge on any atom is 0.229 e. The van der Waals surface area contributed by atoms with Crippen LogP contribution in [0.1, 0.15) is 11.1 Å². The molecule has 1 atom stereocenters. The normalized spacial score (nSPS) is 12.5. The minimum atomic E-state index is -3.34. The van der Waals surface area contributed by atoms with Crippen LogP contribution in [0.3, 0.4) is 0 Å². The van der Waals surface area contributed by atoms with Crippen molar-refractivity contribution >= 4 is 38.9 Å². The first-order chi connectivity index (χ1) is 16.2. The Balaban J connectivity index is 1.57. The van der Waals surface area contributed by atoms with E-state index in [1.54, 1.807) is 30.3 Å². The first-order valence-corrected chi connectivity index (χ1v) is 13.4. The van der Waals surface area contributed by atoms with Gasteiger partial charge in [-0.3, -0.25) is 9.62 Å². The predicted molar refractivity (Wildman–Crippen MR) is 138 cm³/mol. The highest BCUT2D eigenvalue weighted by atomic mass is 35.5. The Kier molecular flexibility index (Phi) is 9.62. The fraction of sp³-hybridized carbons (Fsp3) is 0.280. The number of anilines is 1. The molecule has 9 heteroatoms. The van der Waals surface area contributed by atoms with E-state index in [4.69, 9.17) is 27.9 Å². The van der Waals surface area contributed by atoms with Crippen LogP contribution < -0.4 is 9.46 Å². The molecule has 0 saturated heterocycles. The van der Waals surface area contributed by atoms with Crippen LogP contribution in [0.4, 0.5) is 5.69 Å². The van der Waals surface area contributed by atoms with Gasteiger partial charge in [0.1, 0.15) is 18.5 Å². The van der Waals surface area contributed by atoms with Crippen molar-refractivity contribution in [1.29, 1.82) is 0 Å². The topological polar surface area (TPSA) is 78.9 Å². The Morgan fingerprint density at radius 1 is 0.971 bits per heavy atom.